The van der Waals surface area contributed by atoms with Gasteiger partial charge in [0.2, 0.25) is 5.82 Å². The van der Waals surface area contributed by atoms with Crippen LogP contribution in [0.3, 0.4) is 0 Å². The van der Waals surface area contributed by atoms with E-state index in [1.165, 1.54) is 31.3 Å². The number of amides is 2. The summed E-state index contributed by atoms with van der Waals surface area (Å²) in [6, 6.07) is -0.514. The van der Waals surface area contributed by atoms with Crippen LogP contribution >= 0.6 is 0 Å². The molecule has 9 nitrogen and oxygen atoms in total. The summed E-state index contributed by atoms with van der Waals surface area (Å²) in [6.07, 6.45) is -7.73. The largest absolute Gasteiger partial charge is 0.416 e. The zero-order chi connectivity index (χ0) is 26.8. The second kappa shape index (κ2) is 9.91. The van der Waals surface area contributed by atoms with Gasteiger partial charge in [-0.1, -0.05) is 5.16 Å². The molecule has 192 valence electrons. The fourth-order valence-corrected chi connectivity index (χ4v) is 2.99. The number of halogens is 6. The van der Waals surface area contributed by atoms with Crippen LogP contribution in [0.15, 0.2) is 35.1 Å². The highest BCUT2D eigenvalue weighted by Crippen LogP contribution is 2.36. The van der Waals surface area contributed by atoms with Gasteiger partial charge in [0.05, 0.1) is 22.9 Å². The van der Waals surface area contributed by atoms with E-state index in [0.29, 0.717) is 18.7 Å². The van der Waals surface area contributed by atoms with E-state index < -0.39 is 46.9 Å². The highest BCUT2D eigenvalue weighted by Gasteiger charge is 2.37. The molecule has 0 bridgehead atoms. The van der Waals surface area contributed by atoms with Crippen molar-refractivity contribution in [1.29, 1.82) is 0 Å². The van der Waals surface area contributed by atoms with Crippen LogP contribution in [0.4, 0.5) is 26.3 Å². The van der Waals surface area contributed by atoms with Crippen molar-refractivity contribution in [3.05, 3.63) is 58.9 Å². The second-order valence-corrected chi connectivity index (χ2v) is 7.52. The van der Waals surface area contributed by atoms with Gasteiger partial charge in [-0.15, -0.1) is 0 Å². The summed E-state index contributed by atoms with van der Waals surface area (Å²) in [5.74, 6) is -2.28. The molecule has 15 heteroatoms. The SMILES string of the molecule is CCN(C)C(=O)c1nc(-c2nccnc2C(C)NC(=O)c2cc(C(F)(F)F)cc(C(F)(F)F)c2)no1. The molecule has 2 aromatic heterocycles. The summed E-state index contributed by atoms with van der Waals surface area (Å²) in [5, 5.41) is 5.98. The Balaban J connectivity index is 1.92. The van der Waals surface area contributed by atoms with Gasteiger partial charge >= 0.3 is 24.2 Å². The zero-order valence-corrected chi connectivity index (χ0v) is 18.9. The summed E-state index contributed by atoms with van der Waals surface area (Å²) in [4.78, 5) is 38.3. The number of carbonyl (C=O) groups is 2. The Labute approximate surface area is 199 Å². The first-order valence-corrected chi connectivity index (χ1v) is 10.2. The predicted octanol–water partition coefficient (Wildman–Crippen LogP) is 4.15. The maximum Gasteiger partial charge on any atom is 0.416 e. The van der Waals surface area contributed by atoms with Crippen LogP contribution in [0, 0.1) is 0 Å². The highest BCUT2D eigenvalue weighted by atomic mass is 19.4. The van der Waals surface area contributed by atoms with Gasteiger partial charge < -0.3 is 14.7 Å². The lowest BCUT2D eigenvalue weighted by Gasteiger charge is -2.17. The van der Waals surface area contributed by atoms with Gasteiger partial charge in [-0.05, 0) is 32.0 Å². The van der Waals surface area contributed by atoms with E-state index >= 15 is 0 Å². The molecule has 1 atom stereocenters. The van der Waals surface area contributed by atoms with Crippen molar-refractivity contribution in [2.45, 2.75) is 32.2 Å². The normalized spacial score (nSPS) is 12.8. The summed E-state index contributed by atoms with van der Waals surface area (Å²) in [5.41, 5.74) is -4.11. The number of nitrogens with one attached hydrogen (secondary N) is 1. The fourth-order valence-electron chi connectivity index (χ4n) is 2.99. The van der Waals surface area contributed by atoms with E-state index in [-0.39, 0.29) is 29.2 Å². The molecular formula is C21H18F6N6O3. The minimum Gasteiger partial charge on any atom is -0.344 e. The third kappa shape index (κ3) is 5.78. The summed E-state index contributed by atoms with van der Waals surface area (Å²) in [6.45, 7) is 3.46. The van der Waals surface area contributed by atoms with Crippen molar-refractivity contribution in [2.75, 3.05) is 13.6 Å². The first-order valence-electron chi connectivity index (χ1n) is 10.2. The third-order valence-electron chi connectivity index (χ3n) is 4.98. The van der Waals surface area contributed by atoms with E-state index in [0.717, 1.165) is 0 Å². The Morgan fingerprint density at radius 3 is 2.17 bits per heavy atom. The average molecular weight is 516 g/mol. The third-order valence-corrected chi connectivity index (χ3v) is 4.98. The predicted molar refractivity (Wildman–Crippen MR) is 110 cm³/mol. The van der Waals surface area contributed by atoms with Crippen molar-refractivity contribution < 1.29 is 40.5 Å². The molecule has 0 spiro atoms. The number of hydrogen-bond acceptors (Lipinski definition) is 7. The van der Waals surface area contributed by atoms with Gasteiger partial charge in [0.25, 0.3) is 5.91 Å². The van der Waals surface area contributed by atoms with Gasteiger partial charge in [0, 0.05) is 31.5 Å². The van der Waals surface area contributed by atoms with Crippen LogP contribution < -0.4 is 5.32 Å². The molecule has 0 aliphatic carbocycles. The molecule has 0 aliphatic rings. The highest BCUT2D eigenvalue weighted by molar-refractivity contribution is 5.95. The maximum absolute atomic E-state index is 13.1. The van der Waals surface area contributed by atoms with Crippen molar-refractivity contribution in [1.82, 2.24) is 30.3 Å². The molecule has 0 saturated carbocycles. The van der Waals surface area contributed by atoms with E-state index in [9.17, 15) is 35.9 Å². The Morgan fingerprint density at radius 2 is 1.61 bits per heavy atom. The molecule has 3 aromatic rings. The molecule has 3 rings (SSSR count). The maximum atomic E-state index is 13.1. The van der Waals surface area contributed by atoms with Gasteiger partial charge in [-0.25, -0.2) is 4.98 Å². The topological polar surface area (TPSA) is 114 Å². The first-order chi connectivity index (χ1) is 16.7. The van der Waals surface area contributed by atoms with Crippen molar-refractivity contribution in [3.63, 3.8) is 0 Å². The van der Waals surface area contributed by atoms with Gasteiger partial charge in [0.15, 0.2) is 0 Å². The van der Waals surface area contributed by atoms with Crippen LogP contribution in [-0.2, 0) is 12.4 Å². The molecule has 1 unspecified atom stereocenters. The van der Waals surface area contributed by atoms with E-state index in [2.05, 4.69) is 25.4 Å². The van der Waals surface area contributed by atoms with Crippen LogP contribution in [-0.4, -0.2) is 50.4 Å². The molecule has 0 fully saturated rings. The molecular weight excluding hydrogens is 498 g/mol. The minimum absolute atomic E-state index is 0.0210. The molecule has 1 aromatic carbocycles. The number of hydrogen-bond donors (Lipinski definition) is 1. The quantitative estimate of drug-likeness (QED) is 0.490. The number of carbonyl (C=O) groups excluding carboxylic acids is 2. The summed E-state index contributed by atoms with van der Waals surface area (Å²) < 4.78 is 83.7. The number of aromatic nitrogens is 4. The smallest absolute Gasteiger partial charge is 0.344 e. The minimum atomic E-state index is -5.11. The fraction of sp³-hybridized carbons (Fsp3) is 0.333. The standard InChI is InChI=1S/C21H18F6N6O3/c1-4-33(3)19(35)18-31-16(32-36-18)15-14(28-5-6-29-15)10(2)30-17(34)11-7-12(20(22,23)24)9-13(8-11)21(25,26)27/h5-10H,4H2,1-3H3,(H,30,34). The summed E-state index contributed by atoms with van der Waals surface area (Å²) >= 11 is 0. The molecule has 0 radical (unpaired) electrons. The Hall–Kier alpha value is -4.04. The summed E-state index contributed by atoms with van der Waals surface area (Å²) in [7, 11) is 1.51. The monoisotopic (exact) mass is 516 g/mol. The molecule has 2 heterocycles. The first kappa shape index (κ1) is 26.6. The molecule has 0 saturated heterocycles. The van der Waals surface area contributed by atoms with Crippen molar-refractivity contribution in [2.24, 2.45) is 0 Å². The molecule has 36 heavy (non-hydrogen) atoms. The molecule has 1 N–H and O–H groups in total. The number of alkyl halides is 6. The lowest BCUT2D eigenvalue weighted by molar-refractivity contribution is -0.143. The average Bonchev–Trinajstić information content (AvgIpc) is 3.31. The van der Waals surface area contributed by atoms with Crippen molar-refractivity contribution >= 4 is 11.8 Å². The number of nitrogens with zero attached hydrogens (tertiary/aromatic N) is 5. The molecule has 0 aliphatic heterocycles. The second-order valence-electron chi connectivity index (χ2n) is 7.52. The van der Waals surface area contributed by atoms with E-state index in [1.807, 2.05) is 0 Å². The van der Waals surface area contributed by atoms with Crippen LogP contribution in [0.2, 0.25) is 0 Å². The van der Waals surface area contributed by atoms with Gasteiger partial charge in [0.1, 0.15) is 5.69 Å². The lowest BCUT2D eigenvalue weighted by atomic mass is 10.0. The zero-order valence-electron chi connectivity index (χ0n) is 18.9. The van der Waals surface area contributed by atoms with Gasteiger partial charge in [-0.3, -0.25) is 14.6 Å². The lowest BCUT2D eigenvalue weighted by Crippen LogP contribution is -2.28. The number of benzene rings is 1. The van der Waals surface area contributed by atoms with Crippen molar-refractivity contribution in [3.8, 4) is 11.5 Å². The van der Waals surface area contributed by atoms with Gasteiger partial charge in [-0.2, -0.15) is 31.3 Å². The van der Waals surface area contributed by atoms with E-state index in [1.54, 1.807) is 6.92 Å². The number of rotatable bonds is 6. The van der Waals surface area contributed by atoms with Crippen LogP contribution in [0.5, 0.6) is 0 Å². The molecule has 2 amide bonds. The van der Waals surface area contributed by atoms with E-state index in [4.69, 9.17) is 4.52 Å². The Kier molecular flexibility index (Phi) is 7.31. The Bertz CT molecular complexity index is 1240. The Morgan fingerprint density at radius 1 is 1.03 bits per heavy atom. The van der Waals surface area contributed by atoms with Crippen LogP contribution in [0.25, 0.3) is 11.5 Å². The van der Waals surface area contributed by atoms with Crippen LogP contribution in [0.1, 0.15) is 57.8 Å².